The lowest BCUT2D eigenvalue weighted by atomic mass is 10.1. The van der Waals surface area contributed by atoms with E-state index in [1.165, 1.54) is 6.42 Å². The van der Waals surface area contributed by atoms with E-state index < -0.39 is 0 Å². The van der Waals surface area contributed by atoms with Crippen molar-refractivity contribution in [3.8, 4) is 11.4 Å². The van der Waals surface area contributed by atoms with Crippen LogP contribution in [0.3, 0.4) is 0 Å². The van der Waals surface area contributed by atoms with E-state index in [9.17, 15) is 0 Å². The summed E-state index contributed by atoms with van der Waals surface area (Å²) in [6.07, 6.45) is 2.22. The van der Waals surface area contributed by atoms with Crippen LogP contribution in [0, 0.1) is 6.92 Å². The van der Waals surface area contributed by atoms with Crippen molar-refractivity contribution in [3.05, 3.63) is 29.6 Å². The van der Waals surface area contributed by atoms with Crippen LogP contribution in [0.25, 0.3) is 11.4 Å². The molecule has 1 aromatic heterocycles. The summed E-state index contributed by atoms with van der Waals surface area (Å²) in [5.41, 5.74) is 8.83. The van der Waals surface area contributed by atoms with Crippen LogP contribution < -0.4 is 5.73 Å². The van der Waals surface area contributed by atoms with Gasteiger partial charge >= 0.3 is 0 Å². The van der Waals surface area contributed by atoms with Gasteiger partial charge in [-0.2, -0.15) is 0 Å². The van der Waals surface area contributed by atoms with Crippen LogP contribution in [0.5, 0.6) is 0 Å². The molecule has 4 heteroatoms. The number of rotatable bonds is 1. The first-order valence-corrected chi connectivity index (χ1v) is 5.54. The second kappa shape index (κ2) is 3.33. The molecule has 3 rings (SSSR count). The number of fused-ring (bicyclic) bond motifs is 1. The number of hydrogen-bond donors (Lipinski definition) is 1. The molecular formula is C12H14N4. The van der Waals surface area contributed by atoms with Gasteiger partial charge in [0.2, 0.25) is 0 Å². The first-order chi connectivity index (χ1) is 7.75. The zero-order chi connectivity index (χ0) is 11.1. The average Bonchev–Trinajstić information content (AvgIpc) is 2.83. The lowest BCUT2D eigenvalue weighted by Gasteiger charge is -2.05. The quantitative estimate of drug-likeness (QED) is 0.736. The maximum Gasteiger partial charge on any atom is 0.163 e. The molecular weight excluding hydrogens is 200 g/mol. The minimum Gasteiger partial charge on any atom is -0.399 e. The molecule has 82 valence electrons. The van der Waals surface area contributed by atoms with Crippen molar-refractivity contribution in [2.24, 2.45) is 0 Å². The van der Waals surface area contributed by atoms with Gasteiger partial charge in [-0.15, -0.1) is 10.2 Å². The van der Waals surface area contributed by atoms with E-state index >= 15 is 0 Å². The summed E-state index contributed by atoms with van der Waals surface area (Å²) in [5.74, 6) is 2.07. The number of benzene rings is 1. The summed E-state index contributed by atoms with van der Waals surface area (Å²) in [5, 5.41) is 8.46. The van der Waals surface area contributed by atoms with Gasteiger partial charge in [0.15, 0.2) is 5.82 Å². The number of aryl methyl sites for hydroxylation is 2. The highest BCUT2D eigenvalue weighted by Gasteiger charge is 2.18. The molecule has 0 aliphatic carbocycles. The van der Waals surface area contributed by atoms with Crippen molar-refractivity contribution in [1.82, 2.24) is 14.8 Å². The number of nitrogens with two attached hydrogens (primary N) is 1. The van der Waals surface area contributed by atoms with Gasteiger partial charge in [-0.3, -0.25) is 0 Å². The van der Waals surface area contributed by atoms with E-state index in [0.717, 1.165) is 41.4 Å². The lowest BCUT2D eigenvalue weighted by Crippen LogP contribution is -1.97. The maximum absolute atomic E-state index is 5.81. The fourth-order valence-electron chi connectivity index (χ4n) is 2.18. The van der Waals surface area contributed by atoms with E-state index in [1.807, 2.05) is 19.1 Å². The molecule has 2 aromatic rings. The van der Waals surface area contributed by atoms with E-state index in [4.69, 9.17) is 5.73 Å². The summed E-state index contributed by atoms with van der Waals surface area (Å²) >= 11 is 0. The Bertz CT molecular complexity index is 542. The topological polar surface area (TPSA) is 56.7 Å². The van der Waals surface area contributed by atoms with Gasteiger partial charge in [-0.05, 0) is 37.1 Å². The molecule has 0 bridgehead atoms. The molecule has 0 spiro atoms. The molecule has 0 radical (unpaired) electrons. The third-order valence-corrected chi connectivity index (χ3v) is 3.14. The van der Waals surface area contributed by atoms with E-state index in [1.54, 1.807) is 0 Å². The second-order valence-corrected chi connectivity index (χ2v) is 4.27. The minimum absolute atomic E-state index is 0.824. The largest absolute Gasteiger partial charge is 0.399 e. The minimum atomic E-state index is 0.824. The maximum atomic E-state index is 5.81. The Kier molecular flexibility index (Phi) is 1.96. The molecule has 2 N–H and O–H groups in total. The number of nitrogen functional groups attached to an aromatic ring is 1. The van der Waals surface area contributed by atoms with Gasteiger partial charge < -0.3 is 10.3 Å². The summed E-state index contributed by atoms with van der Waals surface area (Å²) < 4.78 is 2.20. The molecule has 1 aromatic carbocycles. The fourth-order valence-corrected chi connectivity index (χ4v) is 2.18. The molecule has 2 heterocycles. The molecule has 0 saturated heterocycles. The highest BCUT2D eigenvalue weighted by atomic mass is 15.3. The Labute approximate surface area is 94.1 Å². The number of nitrogens with zero attached hydrogens (tertiary/aromatic N) is 3. The summed E-state index contributed by atoms with van der Waals surface area (Å²) in [4.78, 5) is 0. The van der Waals surface area contributed by atoms with Crippen molar-refractivity contribution in [2.45, 2.75) is 26.3 Å². The molecule has 0 amide bonds. The Morgan fingerprint density at radius 3 is 3.00 bits per heavy atom. The predicted molar refractivity (Wildman–Crippen MR) is 62.9 cm³/mol. The second-order valence-electron chi connectivity index (χ2n) is 4.27. The highest BCUT2D eigenvalue weighted by Crippen LogP contribution is 2.25. The summed E-state index contributed by atoms with van der Waals surface area (Å²) in [7, 11) is 0. The summed E-state index contributed by atoms with van der Waals surface area (Å²) in [6.45, 7) is 3.04. The Hall–Kier alpha value is -1.84. The first-order valence-electron chi connectivity index (χ1n) is 5.54. The van der Waals surface area contributed by atoms with Crippen LogP contribution >= 0.6 is 0 Å². The van der Waals surface area contributed by atoms with Crippen LogP contribution in [0.4, 0.5) is 5.69 Å². The highest BCUT2D eigenvalue weighted by molar-refractivity contribution is 5.62. The molecule has 1 aliphatic heterocycles. The number of aromatic nitrogens is 3. The number of hydrogen-bond acceptors (Lipinski definition) is 3. The van der Waals surface area contributed by atoms with E-state index in [-0.39, 0.29) is 0 Å². The Balaban J connectivity index is 2.11. The fraction of sp³-hybridized carbons (Fsp3) is 0.333. The lowest BCUT2D eigenvalue weighted by molar-refractivity contribution is 0.748. The first kappa shape index (κ1) is 9.39. The van der Waals surface area contributed by atoms with Crippen molar-refractivity contribution in [3.63, 3.8) is 0 Å². The van der Waals surface area contributed by atoms with Gasteiger partial charge in [0.1, 0.15) is 5.82 Å². The summed E-state index contributed by atoms with van der Waals surface area (Å²) in [6, 6.07) is 6.02. The van der Waals surface area contributed by atoms with Gasteiger partial charge in [-0.25, -0.2) is 0 Å². The van der Waals surface area contributed by atoms with Gasteiger partial charge in [0, 0.05) is 24.2 Å². The van der Waals surface area contributed by atoms with Crippen molar-refractivity contribution < 1.29 is 0 Å². The molecule has 16 heavy (non-hydrogen) atoms. The van der Waals surface area contributed by atoms with Crippen LogP contribution in [-0.4, -0.2) is 14.8 Å². The molecule has 0 unspecified atom stereocenters. The molecule has 0 saturated carbocycles. The van der Waals surface area contributed by atoms with E-state index in [0.29, 0.717) is 0 Å². The third kappa shape index (κ3) is 1.30. The molecule has 0 atom stereocenters. The SMILES string of the molecule is Cc1cc(-c2nnc3n2CCC3)ccc1N. The molecule has 1 aliphatic rings. The zero-order valence-electron chi connectivity index (χ0n) is 9.27. The Morgan fingerprint density at radius 1 is 1.31 bits per heavy atom. The standard InChI is InChI=1S/C12H14N4/c1-8-7-9(4-5-10(8)13)12-15-14-11-3-2-6-16(11)12/h4-5,7H,2-3,6,13H2,1H3. The smallest absolute Gasteiger partial charge is 0.163 e. The van der Waals surface area contributed by atoms with Crippen molar-refractivity contribution in [2.75, 3.05) is 5.73 Å². The van der Waals surface area contributed by atoms with Crippen molar-refractivity contribution in [1.29, 1.82) is 0 Å². The normalized spacial score (nSPS) is 14.1. The van der Waals surface area contributed by atoms with Gasteiger partial charge in [-0.1, -0.05) is 0 Å². The average molecular weight is 214 g/mol. The van der Waals surface area contributed by atoms with Gasteiger partial charge in [0.05, 0.1) is 0 Å². The van der Waals surface area contributed by atoms with Crippen molar-refractivity contribution >= 4 is 5.69 Å². The zero-order valence-corrected chi connectivity index (χ0v) is 9.27. The molecule has 4 nitrogen and oxygen atoms in total. The van der Waals surface area contributed by atoms with Gasteiger partial charge in [0.25, 0.3) is 0 Å². The number of anilines is 1. The molecule has 0 fully saturated rings. The van der Waals surface area contributed by atoms with Crippen LogP contribution in [0.2, 0.25) is 0 Å². The van der Waals surface area contributed by atoms with Crippen LogP contribution in [0.15, 0.2) is 18.2 Å². The van der Waals surface area contributed by atoms with Crippen LogP contribution in [0.1, 0.15) is 17.8 Å². The third-order valence-electron chi connectivity index (χ3n) is 3.14. The monoisotopic (exact) mass is 214 g/mol. The van der Waals surface area contributed by atoms with Crippen LogP contribution in [-0.2, 0) is 13.0 Å². The predicted octanol–water partition coefficient (Wildman–Crippen LogP) is 1.78. The van der Waals surface area contributed by atoms with E-state index in [2.05, 4.69) is 20.8 Å². The Morgan fingerprint density at radius 2 is 2.19 bits per heavy atom.